The highest BCUT2D eigenvalue weighted by Gasteiger charge is 2.36. The molecule has 0 N–H and O–H groups in total. The van der Waals surface area contributed by atoms with Crippen LogP contribution in [0.1, 0.15) is 57.2 Å². The fraction of sp³-hybridized carbons (Fsp3) is 0.500. The average Bonchev–Trinajstić information content (AvgIpc) is 3.46. The maximum absolute atomic E-state index is 12.7. The Morgan fingerprint density at radius 2 is 2.07 bits per heavy atom. The van der Waals surface area contributed by atoms with Crippen LogP contribution in [0.2, 0.25) is 0 Å². The van der Waals surface area contributed by atoms with Crippen LogP contribution in [0.3, 0.4) is 0 Å². The van der Waals surface area contributed by atoms with Gasteiger partial charge in [-0.25, -0.2) is 4.79 Å². The highest BCUT2D eigenvalue weighted by atomic mass is 32.1. The highest BCUT2D eigenvalue weighted by molar-refractivity contribution is 7.12. The number of thiophene rings is 1. The molecule has 0 spiro atoms. The minimum atomic E-state index is -0.637. The Morgan fingerprint density at radius 1 is 1.30 bits per heavy atom. The maximum Gasteiger partial charge on any atom is 0.329 e. The number of hydrogen-bond acceptors (Lipinski definition) is 6. The number of hydrogen-bond donors (Lipinski definition) is 0. The van der Waals surface area contributed by atoms with Gasteiger partial charge in [-0.15, -0.1) is 11.3 Å². The molecule has 2 aromatic rings. The molecule has 7 nitrogen and oxygen atoms in total. The first kappa shape index (κ1) is 22.2. The van der Waals surface area contributed by atoms with E-state index in [1.165, 1.54) is 11.3 Å². The molecule has 8 heteroatoms. The molecular formula is C22H28N2O5S. The molecule has 1 saturated heterocycles. The van der Waals surface area contributed by atoms with Gasteiger partial charge in [-0.1, -0.05) is 6.07 Å². The van der Waals surface area contributed by atoms with Gasteiger partial charge in [0.1, 0.15) is 6.04 Å². The summed E-state index contributed by atoms with van der Waals surface area (Å²) < 4.78 is 12.6. The number of nitrogens with zero attached hydrogens (tertiary/aromatic N) is 2. The van der Waals surface area contributed by atoms with Crippen LogP contribution < -0.4 is 0 Å². The second-order valence-electron chi connectivity index (χ2n) is 7.62. The van der Waals surface area contributed by atoms with Crippen LogP contribution in [0.15, 0.2) is 23.6 Å². The standard InChI is InChI=1S/C22H28N2O5S/c1-14-11-17(16(3)24(14)15(2)12-28-4)19(25)13-29-22(27)18-7-5-9-23(18)21(26)20-8-6-10-30-20/h6,8,10-11,15,18H,5,7,9,12-13H2,1-4H3/t15-,18-/m0/s1. The van der Waals surface area contributed by atoms with Gasteiger partial charge in [0.05, 0.1) is 17.5 Å². The molecule has 0 saturated carbocycles. The fourth-order valence-corrected chi connectivity index (χ4v) is 4.84. The lowest BCUT2D eigenvalue weighted by atomic mass is 10.1. The summed E-state index contributed by atoms with van der Waals surface area (Å²) in [5.74, 6) is -0.930. The lowest BCUT2D eigenvalue weighted by molar-refractivity contribution is -0.147. The van der Waals surface area contributed by atoms with Crippen LogP contribution in [0.25, 0.3) is 0 Å². The zero-order chi connectivity index (χ0) is 21.8. The van der Waals surface area contributed by atoms with Crippen molar-refractivity contribution < 1.29 is 23.9 Å². The van der Waals surface area contributed by atoms with Gasteiger partial charge in [0.25, 0.3) is 5.91 Å². The number of carbonyl (C=O) groups excluding carboxylic acids is 3. The summed E-state index contributed by atoms with van der Waals surface area (Å²) in [6.07, 6.45) is 1.29. The molecular weight excluding hydrogens is 404 g/mol. The minimum absolute atomic E-state index is 0.0920. The molecule has 30 heavy (non-hydrogen) atoms. The van der Waals surface area contributed by atoms with Crippen molar-refractivity contribution in [2.24, 2.45) is 0 Å². The van der Waals surface area contributed by atoms with Gasteiger partial charge in [0.15, 0.2) is 6.61 Å². The number of likely N-dealkylation sites (tertiary alicyclic amines) is 1. The Morgan fingerprint density at radius 3 is 2.73 bits per heavy atom. The molecule has 162 valence electrons. The molecule has 0 radical (unpaired) electrons. The van der Waals surface area contributed by atoms with Gasteiger partial charge in [0, 0.05) is 30.6 Å². The van der Waals surface area contributed by atoms with Crippen LogP contribution in [-0.2, 0) is 14.3 Å². The van der Waals surface area contributed by atoms with Crippen molar-refractivity contribution in [2.45, 2.75) is 45.7 Å². The van der Waals surface area contributed by atoms with Crippen molar-refractivity contribution in [3.8, 4) is 0 Å². The molecule has 2 atom stereocenters. The topological polar surface area (TPSA) is 77.8 Å². The quantitative estimate of drug-likeness (QED) is 0.472. The molecule has 1 aliphatic heterocycles. The molecule has 0 aliphatic carbocycles. The summed E-state index contributed by atoms with van der Waals surface area (Å²) in [7, 11) is 1.64. The molecule has 1 aliphatic rings. The van der Waals surface area contributed by atoms with Crippen molar-refractivity contribution in [1.29, 1.82) is 0 Å². The number of amides is 1. The maximum atomic E-state index is 12.7. The number of ether oxygens (including phenoxy) is 2. The van der Waals surface area contributed by atoms with E-state index in [1.807, 2.05) is 38.3 Å². The number of esters is 1. The summed E-state index contributed by atoms with van der Waals surface area (Å²) in [6.45, 7) is 6.56. The highest BCUT2D eigenvalue weighted by Crippen LogP contribution is 2.24. The molecule has 2 aromatic heterocycles. The first-order valence-corrected chi connectivity index (χ1v) is 10.9. The largest absolute Gasteiger partial charge is 0.456 e. The van der Waals surface area contributed by atoms with Gasteiger partial charge in [-0.3, -0.25) is 9.59 Å². The normalized spacial score (nSPS) is 17.2. The summed E-state index contributed by atoms with van der Waals surface area (Å²) in [5.41, 5.74) is 2.32. The minimum Gasteiger partial charge on any atom is -0.456 e. The Hall–Kier alpha value is -2.45. The molecule has 1 fully saturated rings. The van der Waals surface area contributed by atoms with Gasteiger partial charge >= 0.3 is 5.97 Å². The number of aryl methyl sites for hydroxylation is 1. The SMILES string of the molecule is COC[C@H](C)n1c(C)cc(C(=O)COC(=O)[C@@H]2CCCN2C(=O)c2cccs2)c1C. The Kier molecular flexibility index (Phi) is 7.10. The van der Waals surface area contributed by atoms with Crippen molar-refractivity contribution in [2.75, 3.05) is 26.9 Å². The van der Waals surface area contributed by atoms with Crippen molar-refractivity contribution in [3.63, 3.8) is 0 Å². The van der Waals surface area contributed by atoms with Gasteiger partial charge in [-0.2, -0.15) is 0 Å². The third-order valence-electron chi connectivity index (χ3n) is 5.50. The summed E-state index contributed by atoms with van der Waals surface area (Å²) in [4.78, 5) is 40.1. The van der Waals surface area contributed by atoms with Gasteiger partial charge < -0.3 is 18.9 Å². The summed E-state index contributed by atoms with van der Waals surface area (Å²) in [5, 5.41) is 1.83. The van der Waals surface area contributed by atoms with E-state index in [-0.39, 0.29) is 24.3 Å². The van der Waals surface area contributed by atoms with Crippen molar-refractivity contribution in [1.82, 2.24) is 9.47 Å². The lowest BCUT2D eigenvalue weighted by Gasteiger charge is -2.22. The summed E-state index contributed by atoms with van der Waals surface area (Å²) >= 11 is 1.35. The van der Waals surface area contributed by atoms with E-state index in [0.717, 1.165) is 17.8 Å². The predicted octanol–water partition coefficient (Wildman–Crippen LogP) is 3.40. The third-order valence-corrected chi connectivity index (χ3v) is 6.35. The molecule has 3 heterocycles. The monoisotopic (exact) mass is 432 g/mol. The van der Waals surface area contributed by atoms with E-state index in [4.69, 9.17) is 9.47 Å². The molecule has 1 amide bonds. The lowest BCUT2D eigenvalue weighted by Crippen LogP contribution is -2.41. The molecule has 0 unspecified atom stereocenters. The van der Waals surface area contributed by atoms with E-state index < -0.39 is 12.0 Å². The Balaban J connectivity index is 1.64. The predicted molar refractivity (Wildman–Crippen MR) is 114 cm³/mol. The zero-order valence-corrected chi connectivity index (χ0v) is 18.7. The van der Waals surface area contributed by atoms with Crippen molar-refractivity contribution >= 4 is 29.0 Å². The van der Waals surface area contributed by atoms with E-state index in [1.54, 1.807) is 18.1 Å². The number of rotatable bonds is 8. The van der Waals surface area contributed by atoms with E-state index in [9.17, 15) is 14.4 Å². The van der Waals surface area contributed by atoms with E-state index >= 15 is 0 Å². The first-order chi connectivity index (χ1) is 14.3. The molecule has 0 aromatic carbocycles. The smallest absolute Gasteiger partial charge is 0.329 e. The summed E-state index contributed by atoms with van der Waals surface area (Å²) in [6, 6.07) is 4.83. The Labute approximate surface area is 180 Å². The number of methoxy groups -OCH3 is 1. The van der Waals surface area contributed by atoms with E-state index in [0.29, 0.717) is 30.0 Å². The first-order valence-electron chi connectivity index (χ1n) is 10.1. The fourth-order valence-electron chi connectivity index (χ4n) is 4.16. The van der Waals surface area contributed by atoms with Crippen LogP contribution >= 0.6 is 11.3 Å². The Bertz CT molecular complexity index is 918. The third kappa shape index (κ3) is 4.49. The van der Waals surface area contributed by atoms with Crippen LogP contribution in [0, 0.1) is 13.8 Å². The van der Waals surface area contributed by atoms with E-state index in [2.05, 4.69) is 4.57 Å². The average molecular weight is 433 g/mol. The second kappa shape index (κ2) is 9.57. The number of ketones is 1. The van der Waals surface area contributed by atoms with Crippen LogP contribution in [0.5, 0.6) is 0 Å². The molecule has 3 rings (SSSR count). The number of carbonyl (C=O) groups is 3. The number of aromatic nitrogens is 1. The zero-order valence-electron chi connectivity index (χ0n) is 17.8. The van der Waals surface area contributed by atoms with Crippen molar-refractivity contribution in [3.05, 3.63) is 45.4 Å². The van der Waals surface area contributed by atoms with Crippen LogP contribution in [0.4, 0.5) is 0 Å². The van der Waals surface area contributed by atoms with Crippen LogP contribution in [-0.4, -0.2) is 60.0 Å². The number of Topliss-reactive ketones (excluding diaryl/α,β-unsaturated/α-hetero) is 1. The molecule has 0 bridgehead atoms. The second-order valence-corrected chi connectivity index (χ2v) is 8.57. The van der Waals surface area contributed by atoms with Gasteiger partial charge in [-0.05, 0) is 51.1 Å². The van der Waals surface area contributed by atoms with Gasteiger partial charge in [0.2, 0.25) is 5.78 Å².